The number of hydrogen-bond acceptors (Lipinski definition) is 0. The van der Waals surface area contributed by atoms with Crippen LogP contribution in [-0.2, 0) is 12.4 Å². The van der Waals surface area contributed by atoms with Crippen molar-refractivity contribution in [2.45, 2.75) is 12.4 Å². The van der Waals surface area contributed by atoms with E-state index in [-0.39, 0.29) is 6.07 Å². The van der Waals surface area contributed by atoms with Crippen molar-refractivity contribution in [1.29, 1.82) is 0 Å². The van der Waals surface area contributed by atoms with E-state index in [4.69, 9.17) is 0 Å². The number of alkyl halides is 6. The SMILES string of the molecule is Fc1ccc(F)c(C(F)(F)F)c1-c1cccc(C(F)(F)F)c1. The van der Waals surface area contributed by atoms with Gasteiger partial charge >= 0.3 is 12.4 Å². The van der Waals surface area contributed by atoms with Gasteiger partial charge in [0.05, 0.1) is 5.56 Å². The fraction of sp³-hybridized carbons (Fsp3) is 0.143. The fourth-order valence-electron chi connectivity index (χ4n) is 1.96. The monoisotopic (exact) mass is 326 g/mol. The zero-order chi connectivity index (χ0) is 16.7. The Morgan fingerprint density at radius 2 is 1.27 bits per heavy atom. The number of benzene rings is 2. The van der Waals surface area contributed by atoms with Crippen molar-refractivity contribution in [2.24, 2.45) is 0 Å². The van der Waals surface area contributed by atoms with Crippen molar-refractivity contribution in [2.75, 3.05) is 0 Å². The Hall–Kier alpha value is -2.12. The van der Waals surface area contributed by atoms with Crippen molar-refractivity contribution in [3.63, 3.8) is 0 Å². The Kier molecular flexibility index (Phi) is 3.88. The smallest absolute Gasteiger partial charge is 0.206 e. The molecule has 0 bridgehead atoms. The first kappa shape index (κ1) is 16.3. The quantitative estimate of drug-likeness (QED) is 0.592. The highest BCUT2D eigenvalue weighted by Crippen LogP contribution is 2.41. The van der Waals surface area contributed by atoms with E-state index in [2.05, 4.69) is 0 Å². The lowest BCUT2D eigenvalue weighted by molar-refractivity contribution is -0.139. The molecule has 0 saturated carbocycles. The van der Waals surface area contributed by atoms with E-state index in [0.29, 0.717) is 18.2 Å². The molecular weight excluding hydrogens is 320 g/mol. The zero-order valence-electron chi connectivity index (χ0n) is 10.5. The van der Waals surface area contributed by atoms with Crippen LogP contribution in [0, 0.1) is 11.6 Å². The maximum Gasteiger partial charge on any atom is 0.419 e. The number of rotatable bonds is 1. The summed E-state index contributed by atoms with van der Waals surface area (Å²) in [5.74, 6) is -3.23. The molecule has 0 saturated heterocycles. The summed E-state index contributed by atoms with van der Waals surface area (Å²) in [6, 6.07) is 3.33. The summed E-state index contributed by atoms with van der Waals surface area (Å²) in [6.07, 6.45) is -10.1. The Bertz CT molecular complexity index is 697. The first-order valence-electron chi connectivity index (χ1n) is 5.74. The predicted molar refractivity (Wildman–Crippen MR) is 61.8 cm³/mol. The maximum atomic E-state index is 13.7. The molecule has 22 heavy (non-hydrogen) atoms. The van der Waals surface area contributed by atoms with Crippen molar-refractivity contribution in [3.8, 4) is 11.1 Å². The van der Waals surface area contributed by atoms with Crippen LogP contribution in [0.5, 0.6) is 0 Å². The van der Waals surface area contributed by atoms with E-state index in [1.165, 1.54) is 0 Å². The van der Waals surface area contributed by atoms with Crippen LogP contribution in [0.25, 0.3) is 11.1 Å². The van der Waals surface area contributed by atoms with E-state index in [9.17, 15) is 35.1 Å². The highest BCUT2D eigenvalue weighted by atomic mass is 19.4. The minimum atomic E-state index is -5.25. The lowest BCUT2D eigenvalue weighted by Crippen LogP contribution is -2.12. The van der Waals surface area contributed by atoms with E-state index in [1.807, 2.05) is 0 Å². The highest BCUT2D eigenvalue weighted by Gasteiger charge is 2.39. The molecule has 2 rings (SSSR count). The summed E-state index contributed by atoms with van der Waals surface area (Å²) < 4.78 is 104. The third-order valence-corrected chi connectivity index (χ3v) is 2.87. The molecule has 0 radical (unpaired) electrons. The first-order valence-corrected chi connectivity index (χ1v) is 5.74. The van der Waals surface area contributed by atoms with Gasteiger partial charge < -0.3 is 0 Å². The zero-order valence-corrected chi connectivity index (χ0v) is 10.5. The lowest BCUT2D eigenvalue weighted by Gasteiger charge is -2.16. The third-order valence-electron chi connectivity index (χ3n) is 2.87. The number of hydrogen-bond donors (Lipinski definition) is 0. The van der Waals surface area contributed by atoms with Gasteiger partial charge in [0, 0.05) is 5.56 Å². The molecule has 0 atom stereocenters. The topological polar surface area (TPSA) is 0 Å². The molecule has 2 aromatic rings. The Balaban J connectivity index is 2.76. The molecule has 0 spiro atoms. The Labute approximate surface area is 119 Å². The van der Waals surface area contributed by atoms with Gasteiger partial charge in [0.2, 0.25) is 0 Å². The standard InChI is InChI=1S/C14H6F8/c15-9-4-5-10(16)12(14(20,21)22)11(9)7-2-1-3-8(6-7)13(17,18)19/h1-6H. The molecule has 0 aliphatic heterocycles. The molecule has 0 aliphatic rings. The van der Waals surface area contributed by atoms with Gasteiger partial charge in [0.15, 0.2) is 0 Å². The van der Waals surface area contributed by atoms with Crippen LogP contribution < -0.4 is 0 Å². The van der Waals surface area contributed by atoms with Crippen molar-refractivity contribution in [1.82, 2.24) is 0 Å². The van der Waals surface area contributed by atoms with Gasteiger partial charge in [-0.2, -0.15) is 26.3 Å². The first-order chi connectivity index (χ1) is 10.0. The molecule has 0 nitrogen and oxygen atoms in total. The minimum Gasteiger partial charge on any atom is -0.206 e. The lowest BCUT2D eigenvalue weighted by atomic mass is 9.96. The second-order valence-corrected chi connectivity index (χ2v) is 4.36. The van der Waals surface area contributed by atoms with Crippen molar-refractivity contribution < 1.29 is 35.1 Å². The third kappa shape index (κ3) is 3.05. The van der Waals surface area contributed by atoms with Crippen LogP contribution in [0.15, 0.2) is 36.4 Å². The Morgan fingerprint density at radius 1 is 0.682 bits per heavy atom. The average molecular weight is 326 g/mol. The van der Waals surface area contributed by atoms with Crippen LogP contribution in [-0.4, -0.2) is 0 Å². The van der Waals surface area contributed by atoms with E-state index in [0.717, 1.165) is 12.1 Å². The highest BCUT2D eigenvalue weighted by molar-refractivity contribution is 5.69. The maximum absolute atomic E-state index is 13.7. The molecule has 2 aromatic carbocycles. The number of halogens is 8. The second kappa shape index (κ2) is 5.26. The molecule has 0 amide bonds. The molecule has 118 valence electrons. The minimum absolute atomic E-state index is 0.273. The van der Waals surface area contributed by atoms with Crippen LogP contribution in [0.3, 0.4) is 0 Å². The largest absolute Gasteiger partial charge is 0.419 e. The van der Waals surface area contributed by atoms with E-state index < -0.39 is 46.2 Å². The van der Waals surface area contributed by atoms with Gasteiger partial charge in [-0.1, -0.05) is 12.1 Å². The predicted octanol–water partition coefficient (Wildman–Crippen LogP) is 5.67. The van der Waals surface area contributed by atoms with Gasteiger partial charge in [0.1, 0.15) is 17.2 Å². The van der Waals surface area contributed by atoms with Gasteiger partial charge in [-0.15, -0.1) is 0 Å². The van der Waals surface area contributed by atoms with Crippen molar-refractivity contribution in [3.05, 3.63) is 59.2 Å². The molecule has 0 N–H and O–H groups in total. The summed E-state index contributed by atoms with van der Waals surface area (Å²) in [5.41, 5.74) is -5.16. The van der Waals surface area contributed by atoms with Gasteiger partial charge in [-0.3, -0.25) is 0 Å². The fourth-order valence-corrected chi connectivity index (χ4v) is 1.96. The van der Waals surface area contributed by atoms with E-state index in [1.54, 1.807) is 0 Å². The van der Waals surface area contributed by atoms with E-state index >= 15 is 0 Å². The second-order valence-electron chi connectivity index (χ2n) is 4.36. The summed E-state index contributed by atoms with van der Waals surface area (Å²) >= 11 is 0. The normalized spacial score (nSPS) is 12.5. The van der Waals surface area contributed by atoms with Crippen molar-refractivity contribution >= 4 is 0 Å². The Morgan fingerprint density at radius 3 is 1.82 bits per heavy atom. The van der Waals surface area contributed by atoms with Crippen LogP contribution in [0.1, 0.15) is 11.1 Å². The van der Waals surface area contributed by atoms with Crippen LogP contribution >= 0.6 is 0 Å². The summed E-state index contributed by atoms with van der Waals surface area (Å²) in [6.45, 7) is 0. The molecule has 8 heteroatoms. The van der Waals surface area contributed by atoms with Gasteiger partial charge in [0.25, 0.3) is 0 Å². The molecule has 0 heterocycles. The van der Waals surface area contributed by atoms with Crippen LogP contribution in [0.2, 0.25) is 0 Å². The molecule has 0 unspecified atom stereocenters. The molecule has 0 aliphatic carbocycles. The van der Waals surface area contributed by atoms with Crippen LogP contribution in [0.4, 0.5) is 35.1 Å². The molecular formula is C14H6F8. The molecule has 0 fully saturated rings. The summed E-state index contributed by atoms with van der Waals surface area (Å²) in [7, 11) is 0. The van der Waals surface area contributed by atoms with Gasteiger partial charge in [-0.25, -0.2) is 8.78 Å². The summed E-state index contributed by atoms with van der Waals surface area (Å²) in [5, 5.41) is 0. The van der Waals surface area contributed by atoms with Gasteiger partial charge in [-0.05, 0) is 29.8 Å². The average Bonchev–Trinajstić information content (AvgIpc) is 2.39. The summed E-state index contributed by atoms with van der Waals surface area (Å²) in [4.78, 5) is 0. The molecule has 0 aromatic heterocycles.